The van der Waals surface area contributed by atoms with Crippen molar-refractivity contribution in [3.8, 4) is 0 Å². The quantitative estimate of drug-likeness (QED) is 0.792. The van der Waals surface area contributed by atoms with Crippen LogP contribution in [0.3, 0.4) is 0 Å². The number of benzene rings is 1. The zero-order chi connectivity index (χ0) is 19.4. The first-order valence-corrected chi connectivity index (χ1v) is 9.10. The van der Waals surface area contributed by atoms with Gasteiger partial charge in [-0.2, -0.15) is 13.2 Å². The van der Waals surface area contributed by atoms with Crippen LogP contribution in [0.5, 0.6) is 0 Å². The maximum absolute atomic E-state index is 12.9. The molecule has 3 rings (SSSR count). The Bertz CT molecular complexity index is 790. The molecule has 1 atom stereocenters. The maximum Gasteiger partial charge on any atom is 0.416 e. The monoisotopic (exact) mass is 377 g/mol. The Morgan fingerprint density at radius 3 is 2.63 bits per heavy atom. The van der Waals surface area contributed by atoms with Crippen LogP contribution in [0.1, 0.15) is 48.5 Å². The fourth-order valence-electron chi connectivity index (χ4n) is 3.38. The number of amides is 1. The Balaban J connectivity index is 1.74. The third-order valence-electron chi connectivity index (χ3n) is 4.85. The lowest BCUT2D eigenvalue weighted by atomic mass is 9.99. The molecule has 1 fully saturated rings. The van der Waals surface area contributed by atoms with Crippen molar-refractivity contribution in [3.05, 3.63) is 53.7 Å². The molecule has 7 heteroatoms. The van der Waals surface area contributed by atoms with E-state index in [2.05, 4.69) is 17.2 Å². The molecule has 0 bridgehead atoms. The zero-order valence-corrected chi connectivity index (χ0v) is 15.1. The van der Waals surface area contributed by atoms with Crippen molar-refractivity contribution in [1.29, 1.82) is 0 Å². The Kier molecular flexibility index (Phi) is 5.68. The number of pyridine rings is 1. The lowest BCUT2D eigenvalue weighted by Gasteiger charge is -2.35. The van der Waals surface area contributed by atoms with Gasteiger partial charge in [0.25, 0.3) is 5.91 Å². The summed E-state index contributed by atoms with van der Waals surface area (Å²) in [6, 6.07) is 8.27. The van der Waals surface area contributed by atoms with E-state index in [-0.39, 0.29) is 11.9 Å². The molecule has 4 nitrogen and oxygen atoms in total. The van der Waals surface area contributed by atoms with E-state index in [1.54, 1.807) is 12.1 Å². The van der Waals surface area contributed by atoms with Crippen molar-refractivity contribution < 1.29 is 18.0 Å². The fraction of sp³-hybridized carbons (Fsp3) is 0.400. The van der Waals surface area contributed by atoms with Crippen LogP contribution in [0, 0.1) is 0 Å². The Morgan fingerprint density at radius 2 is 1.96 bits per heavy atom. The van der Waals surface area contributed by atoms with Gasteiger partial charge in [-0.3, -0.25) is 4.79 Å². The van der Waals surface area contributed by atoms with E-state index in [0.29, 0.717) is 17.1 Å². The Morgan fingerprint density at radius 1 is 1.22 bits per heavy atom. The van der Waals surface area contributed by atoms with Gasteiger partial charge < -0.3 is 10.2 Å². The van der Waals surface area contributed by atoms with Gasteiger partial charge in [0.15, 0.2) is 0 Å². The van der Waals surface area contributed by atoms with Gasteiger partial charge in [0.1, 0.15) is 5.82 Å². The van der Waals surface area contributed by atoms with Crippen molar-refractivity contribution in [1.82, 2.24) is 9.88 Å². The van der Waals surface area contributed by atoms with Gasteiger partial charge in [-0.25, -0.2) is 4.98 Å². The Hall–Kier alpha value is -2.57. The van der Waals surface area contributed by atoms with Crippen molar-refractivity contribution in [3.63, 3.8) is 0 Å². The first kappa shape index (κ1) is 19.2. The SMILES string of the molecule is CCC1CCCCN1C(=O)c1ccnc(Nc2ccc(C(F)(F)F)cc2)c1. The standard InChI is InChI=1S/C20H22F3N3O/c1-2-17-5-3-4-12-26(17)19(27)14-10-11-24-18(13-14)25-16-8-6-15(7-9-16)20(21,22)23/h6-11,13,17H,2-5,12H2,1H3,(H,24,25). The number of nitrogens with zero attached hydrogens (tertiary/aromatic N) is 2. The van der Waals surface area contributed by atoms with Crippen molar-refractivity contribution in [2.75, 3.05) is 11.9 Å². The van der Waals surface area contributed by atoms with Crippen LogP contribution in [0.4, 0.5) is 24.7 Å². The molecule has 1 saturated heterocycles. The molecule has 1 amide bonds. The van der Waals surface area contributed by atoms with Gasteiger partial charge in [-0.05, 0) is 62.1 Å². The number of carbonyl (C=O) groups is 1. The normalized spacial score (nSPS) is 17.6. The number of carbonyl (C=O) groups excluding carboxylic acids is 1. The summed E-state index contributed by atoms with van der Waals surface area (Å²) in [5.74, 6) is 0.394. The van der Waals surface area contributed by atoms with Crippen LogP contribution < -0.4 is 5.32 Å². The number of aromatic nitrogens is 1. The summed E-state index contributed by atoms with van der Waals surface area (Å²) in [7, 11) is 0. The van der Waals surface area contributed by atoms with E-state index in [1.165, 1.54) is 18.3 Å². The van der Waals surface area contributed by atoms with Gasteiger partial charge in [0.05, 0.1) is 5.56 Å². The van der Waals surface area contributed by atoms with E-state index in [9.17, 15) is 18.0 Å². The highest BCUT2D eigenvalue weighted by atomic mass is 19.4. The summed E-state index contributed by atoms with van der Waals surface area (Å²) >= 11 is 0. The van der Waals surface area contributed by atoms with E-state index >= 15 is 0 Å². The molecular formula is C20H22F3N3O. The predicted molar refractivity (Wildman–Crippen MR) is 97.9 cm³/mol. The Labute approximate surface area is 156 Å². The minimum absolute atomic E-state index is 0.0283. The van der Waals surface area contributed by atoms with Gasteiger partial charge in [0.2, 0.25) is 0 Å². The molecule has 1 aromatic heterocycles. The van der Waals surface area contributed by atoms with Crippen molar-refractivity contribution >= 4 is 17.4 Å². The van der Waals surface area contributed by atoms with Crippen LogP contribution in [0.2, 0.25) is 0 Å². The van der Waals surface area contributed by atoms with E-state index < -0.39 is 11.7 Å². The molecule has 0 spiro atoms. The zero-order valence-electron chi connectivity index (χ0n) is 15.1. The average Bonchev–Trinajstić information content (AvgIpc) is 2.67. The lowest BCUT2D eigenvalue weighted by molar-refractivity contribution is -0.137. The second-order valence-corrected chi connectivity index (χ2v) is 6.69. The largest absolute Gasteiger partial charge is 0.416 e. The van der Waals surface area contributed by atoms with Crippen LogP contribution in [-0.4, -0.2) is 28.4 Å². The first-order chi connectivity index (χ1) is 12.9. The predicted octanol–water partition coefficient (Wildman–Crippen LogP) is 5.25. The van der Waals surface area contributed by atoms with Gasteiger partial charge >= 0.3 is 6.18 Å². The fourth-order valence-corrected chi connectivity index (χ4v) is 3.38. The lowest BCUT2D eigenvalue weighted by Crippen LogP contribution is -2.43. The minimum Gasteiger partial charge on any atom is -0.340 e. The van der Waals surface area contributed by atoms with Gasteiger partial charge in [0, 0.05) is 30.0 Å². The maximum atomic E-state index is 12.9. The molecule has 1 aliphatic heterocycles. The average molecular weight is 377 g/mol. The van der Waals surface area contributed by atoms with Gasteiger partial charge in [-0.1, -0.05) is 6.92 Å². The molecule has 0 aliphatic carbocycles. The summed E-state index contributed by atoms with van der Waals surface area (Å²) in [4.78, 5) is 19.0. The molecule has 1 aromatic carbocycles. The highest BCUT2D eigenvalue weighted by molar-refractivity contribution is 5.95. The van der Waals surface area contributed by atoms with Crippen molar-refractivity contribution in [2.45, 2.75) is 44.8 Å². The number of nitrogens with one attached hydrogen (secondary N) is 1. The summed E-state index contributed by atoms with van der Waals surface area (Å²) in [6.45, 7) is 2.84. The number of hydrogen-bond acceptors (Lipinski definition) is 3. The topological polar surface area (TPSA) is 45.2 Å². The third-order valence-corrected chi connectivity index (χ3v) is 4.85. The van der Waals surface area contributed by atoms with Gasteiger partial charge in [-0.15, -0.1) is 0 Å². The van der Waals surface area contributed by atoms with Crippen LogP contribution in [0.25, 0.3) is 0 Å². The van der Waals surface area contributed by atoms with E-state index in [0.717, 1.165) is 44.4 Å². The number of halogens is 3. The van der Waals surface area contributed by atoms with Crippen LogP contribution in [0.15, 0.2) is 42.6 Å². The van der Waals surface area contributed by atoms with Crippen molar-refractivity contribution in [2.24, 2.45) is 0 Å². The number of hydrogen-bond donors (Lipinski definition) is 1. The number of rotatable bonds is 4. The molecule has 1 aliphatic rings. The van der Waals surface area contributed by atoms with E-state index in [1.807, 2.05) is 4.90 Å². The van der Waals surface area contributed by atoms with Crippen LogP contribution >= 0.6 is 0 Å². The molecule has 1 unspecified atom stereocenters. The molecule has 144 valence electrons. The van der Waals surface area contributed by atoms with E-state index in [4.69, 9.17) is 0 Å². The molecule has 0 saturated carbocycles. The molecular weight excluding hydrogens is 355 g/mol. The molecule has 1 N–H and O–H groups in total. The molecule has 2 aromatic rings. The summed E-state index contributed by atoms with van der Waals surface area (Å²) in [5, 5.41) is 2.96. The first-order valence-electron chi connectivity index (χ1n) is 9.10. The highest BCUT2D eigenvalue weighted by Crippen LogP contribution is 2.30. The summed E-state index contributed by atoms with van der Waals surface area (Å²) in [5.41, 5.74) is 0.296. The summed E-state index contributed by atoms with van der Waals surface area (Å²) in [6.07, 6.45) is 1.25. The van der Waals surface area contributed by atoms with Crippen LogP contribution in [-0.2, 0) is 6.18 Å². The number of alkyl halides is 3. The second-order valence-electron chi connectivity index (χ2n) is 6.69. The summed E-state index contributed by atoms with van der Waals surface area (Å²) < 4.78 is 38.0. The number of anilines is 2. The molecule has 2 heterocycles. The highest BCUT2D eigenvalue weighted by Gasteiger charge is 2.30. The second kappa shape index (κ2) is 7.98. The third kappa shape index (κ3) is 4.59. The molecule has 0 radical (unpaired) electrons. The minimum atomic E-state index is -4.37. The molecule has 27 heavy (non-hydrogen) atoms. The smallest absolute Gasteiger partial charge is 0.340 e. The number of likely N-dealkylation sites (tertiary alicyclic amines) is 1. The number of piperidine rings is 1.